The van der Waals surface area contributed by atoms with Crippen LogP contribution in [0.25, 0.3) is 44.1 Å². The maximum atomic E-state index is 12.6. The molecule has 3 aromatic heterocycles. The first-order valence-corrected chi connectivity index (χ1v) is 9.60. The number of nitrogens with one attached hydrogen (secondary N) is 3. The molecular weight excluding hydrogens is 394 g/mol. The molecule has 31 heavy (non-hydrogen) atoms. The average molecular weight is 415 g/mol. The summed E-state index contributed by atoms with van der Waals surface area (Å²) in [6.45, 7) is 0. The van der Waals surface area contributed by atoms with Gasteiger partial charge in [-0.25, -0.2) is 4.79 Å². The number of benzene rings is 2. The predicted octanol–water partition coefficient (Wildman–Crippen LogP) is 4.52. The quantitative estimate of drug-likeness (QED) is 0.255. The van der Waals surface area contributed by atoms with Gasteiger partial charge in [-0.05, 0) is 12.1 Å². The zero-order valence-corrected chi connectivity index (χ0v) is 17.0. The molecule has 7 nitrogen and oxygen atoms in total. The summed E-state index contributed by atoms with van der Waals surface area (Å²) in [5, 5.41) is 8.92. The lowest BCUT2D eigenvalue weighted by Gasteiger charge is -2.07. The molecule has 5 aromatic rings. The highest BCUT2D eigenvalue weighted by Crippen LogP contribution is 2.43. The average Bonchev–Trinajstić information content (AvgIpc) is 3.53. The molecule has 0 bridgehead atoms. The van der Waals surface area contributed by atoms with Crippen molar-refractivity contribution < 1.29 is 19.4 Å². The molecule has 0 aliphatic rings. The van der Waals surface area contributed by atoms with Gasteiger partial charge in [0.2, 0.25) is 0 Å². The molecule has 5 rings (SSSR count). The lowest BCUT2D eigenvalue weighted by Crippen LogP contribution is -2.03. The first kappa shape index (κ1) is 20.2. The topological polar surface area (TPSA) is 111 Å². The van der Waals surface area contributed by atoms with Crippen molar-refractivity contribution in [2.75, 3.05) is 14.2 Å². The van der Waals surface area contributed by atoms with Crippen LogP contribution < -0.4 is 0 Å². The summed E-state index contributed by atoms with van der Waals surface area (Å²) in [6, 6.07) is 15.7. The van der Waals surface area contributed by atoms with Crippen molar-refractivity contribution in [1.29, 1.82) is 0 Å². The third-order valence-corrected chi connectivity index (χ3v) is 5.25. The van der Waals surface area contributed by atoms with Gasteiger partial charge in [-0.3, -0.25) is 4.79 Å². The van der Waals surface area contributed by atoms with E-state index in [2.05, 4.69) is 15.0 Å². The number of hydrogen-bond acceptors (Lipinski definition) is 4. The molecule has 0 spiro atoms. The predicted molar refractivity (Wildman–Crippen MR) is 120 cm³/mol. The number of rotatable bonds is 4. The summed E-state index contributed by atoms with van der Waals surface area (Å²) in [4.78, 5) is 34.0. The van der Waals surface area contributed by atoms with Crippen molar-refractivity contribution in [3.05, 3.63) is 72.3 Å². The molecule has 0 aliphatic heterocycles. The number of hydrogen-bond donors (Lipinski definition) is 4. The van der Waals surface area contributed by atoms with E-state index in [1.54, 1.807) is 0 Å². The SMILES string of the molecule is CO.COC(=O)c1[nH]c(C=O)c(-c2c[nH]c3ccccc23)c1-c1c[nH]c2ccccc12. The molecule has 0 atom stereocenters. The number of H-pyrrole nitrogens is 3. The number of aldehydes is 1. The number of carbonyl (C=O) groups excluding carboxylic acids is 2. The zero-order valence-electron chi connectivity index (χ0n) is 17.0. The third-order valence-electron chi connectivity index (χ3n) is 5.25. The van der Waals surface area contributed by atoms with Crippen LogP contribution in [0.15, 0.2) is 60.9 Å². The molecule has 2 aromatic carbocycles. The number of carbonyl (C=O) groups is 2. The number of aromatic nitrogens is 3. The Hall–Kier alpha value is -4.10. The van der Waals surface area contributed by atoms with Crippen LogP contribution in [0.5, 0.6) is 0 Å². The second-order valence-electron chi connectivity index (χ2n) is 6.77. The Morgan fingerprint density at radius 1 is 0.871 bits per heavy atom. The van der Waals surface area contributed by atoms with Gasteiger partial charge in [0.05, 0.1) is 12.8 Å². The fourth-order valence-corrected chi connectivity index (χ4v) is 3.97. The standard InChI is InChI=1S/C23H17N3O3.CH4O/c1-29-23(28)22-21(16-11-25-18-9-5-3-7-14(16)18)20(19(12-27)26-22)15-10-24-17-8-4-2-6-13(15)17;1-2/h2-12,24-26H,1H3;2H,1H3. The van der Waals surface area contributed by atoms with Crippen LogP contribution >= 0.6 is 0 Å². The van der Waals surface area contributed by atoms with Crippen molar-refractivity contribution in [1.82, 2.24) is 15.0 Å². The van der Waals surface area contributed by atoms with Crippen LogP contribution in [0.4, 0.5) is 0 Å². The van der Waals surface area contributed by atoms with E-state index in [0.29, 0.717) is 16.8 Å². The molecule has 156 valence electrons. The minimum atomic E-state index is -0.528. The van der Waals surface area contributed by atoms with Crippen LogP contribution in [0.1, 0.15) is 21.0 Å². The molecule has 3 heterocycles. The Labute approximate surface area is 177 Å². The van der Waals surface area contributed by atoms with Gasteiger partial charge >= 0.3 is 5.97 Å². The number of ether oxygens (including phenoxy) is 1. The molecule has 0 aliphatic carbocycles. The van der Waals surface area contributed by atoms with Gasteiger partial charge in [0.25, 0.3) is 0 Å². The Balaban J connectivity index is 0.00000112. The van der Waals surface area contributed by atoms with E-state index in [4.69, 9.17) is 9.84 Å². The van der Waals surface area contributed by atoms with E-state index in [9.17, 15) is 9.59 Å². The Bertz CT molecular complexity index is 1390. The number of para-hydroxylation sites is 2. The smallest absolute Gasteiger partial charge is 0.355 e. The maximum absolute atomic E-state index is 12.6. The fourth-order valence-electron chi connectivity index (χ4n) is 3.97. The van der Waals surface area contributed by atoms with Crippen LogP contribution in [0, 0.1) is 0 Å². The van der Waals surface area contributed by atoms with Crippen molar-refractivity contribution in [2.24, 2.45) is 0 Å². The monoisotopic (exact) mass is 415 g/mol. The second-order valence-corrected chi connectivity index (χ2v) is 6.77. The van der Waals surface area contributed by atoms with Gasteiger partial charge in [-0.15, -0.1) is 0 Å². The molecule has 0 radical (unpaired) electrons. The van der Waals surface area contributed by atoms with Gasteiger partial charge in [0.15, 0.2) is 6.29 Å². The van der Waals surface area contributed by atoms with Gasteiger partial charge in [-0.1, -0.05) is 36.4 Å². The fraction of sp³-hybridized carbons (Fsp3) is 0.0833. The molecule has 7 heteroatoms. The number of aliphatic hydroxyl groups is 1. The van der Waals surface area contributed by atoms with Crippen LogP contribution in [0.2, 0.25) is 0 Å². The second kappa shape index (κ2) is 8.33. The van der Waals surface area contributed by atoms with E-state index >= 15 is 0 Å². The normalized spacial score (nSPS) is 10.7. The van der Waals surface area contributed by atoms with Crippen LogP contribution in [-0.4, -0.2) is 46.5 Å². The molecule has 0 saturated carbocycles. The maximum Gasteiger partial charge on any atom is 0.355 e. The minimum Gasteiger partial charge on any atom is -0.464 e. The number of aromatic amines is 3. The van der Waals surface area contributed by atoms with Gasteiger partial charge in [0, 0.05) is 63.6 Å². The summed E-state index contributed by atoms with van der Waals surface area (Å²) in [7, 11) is 2.33. The van der Waals surface area contributed by atoms with E-state index in [0.717, 1.165) is 46.3 Å². The van der Waals surface area contributed by atoms with Crippen molar-refractivity contribution >= 4 is 34.1 Å². The van der Waals surface area contributed by atoms with Gasteiger partial charge in [-0.2, -0.15) is 0 Å². The summed E-state index contributed by atoms with van der Waals surface area (Å²) < 4.78 is 5.00. The van der Waals surface area contributed by atoms with Gasteiger partial charge < -0.3 is 24.8 Å². The van der Waals surface area contributed by atoms with Crippen LogP contribution in [0.3, 0.4) is 0 Å². The van der Waals surface area contributed by atoms with Crippen molar-refractivity contribution in [3.8, 4) is 22.3 Å². The summed E-state index contributed by atoms with van der Waals surface area (Å²) in [5.41, 5.74) is 5.45. The van der Waals surface area contributed by atoms with Crippen molar-refractivity contribution in [3.63, 3.8) is 0 Å². The zero-order chi connectivity index (χ0) is 22.0. The molecule has 0 amide bonds. The number of methoxy groups -OCH3 is 1. The lowest BCUT2D eigenvalue weighted by molar-refractivity contribution is 0.0595. The number of aliphatic hydroxyl groups excluding tert-OH is 1. The van der Waals surface area contributed by atoms with Gasteiger partial charge in [0.1, 0.15) is 5.69 Å². The summed E-state index contributed by atoms with van der Waals surface area (Å²) >= 11 is 0. The molecular formula is C24H21N3O4. The van der Waals surface area contributed by atoms with Crippen molar-refractivity contribution in [2.45, 2.75) is 0 Å². The molecule has 0 saturated heterocycles. The van der Waals surface area contributed by atoms with E-state index < -0.39 is 5.97 Å². The van der Waals surface area contributed by atoms with E-state index in [1.165, 1.54) is 7.11 Å². The lowest BCUT2D eigenvalue weighted by atomic mass is 9.94. The first-order valence-electron chi connectivity index (χ1n) is 9.60. The Morgan fingerprint density at radius 3 is 1.90 bits per heavy atom. The highest BCUT2D eigenvalue weighted by molar-refractivity contribution is 6.13. The van der Waals surface area contributed by atoms with E-state index in [1.807, 2.05) is 60.9 Å². The highest BCUT2D eigenvalue weighted by atomic mass is 16.5. The Kier molecular flexibility index (Phi) is 5.43. The molecule has 0 unspecified atom stereocenters. The molecule has 0 fully saturated rings. The first-order chi connectivity index (χ1) is 15.2. The minimum absolute atomic E-state index is 0.250. The third kappa shape index (κ3) is 3.21. The Morgan fingerprint density at radius 2 is 1.39 bits per heavy atom. The number of fused-ring (bicyclic) bond motifs is 2. The number of esters is 1. The summed E-state index contributed by atoms with van der Waals surface area (Å²) in [6.07, 6.45) is 4.45. The molecule has 4 N–H and O–H groups in total. The highest BCUT2D eigenvalue weighted by Gasteiger charge is 2.27. The van der Waals surface area contributed by atoms with Crippen LogP contribution in [-0.2, 0) is 4.74 Å². The van der Waals surface area contributed by atoms with E-state index in [-0.39, 0.29) is 5.69 Å². The largest absolute Gasteiger partial charge is 0.464 e. The summed E-state index contributed by atoms with van der Waals surface area (Å²) in [5.74, 6) is -0.528.